The van der Waals surface area contributed by atoms with Crippen LogP contribution in [0.2, 0.25) is 0 Å². The number of aromatic nitrogens is 2. The van der Waals surface area contributed by atoms with E-state index in [2.05, 4.69) is 35.7 Å². The molecule has 1 aromatic rings. The van der Waals surface area contributed by atoms with Crippen molar-refractivity contribution < 1.29 is 0 Å². The number of anilines is 1. The Labute approximate surface area is 111 Å². The van der Waals surface area contributed by atoms with Gasteiger partial charge in [-0.25, -0.2) is 9.97 Å². The van der Waals surface area contributed by atoms with Crippen LogP contribution in [0.3, 0.4) is 0 Å². The summed E-state index contributed by atoms with van der Waals surface area (Å²) >= 11 is 3.47. The van der Waals surface area contributed by atoms with Crippen LogP contribution in [-0.4, -0.2) is 52.9 Å². The van der Waals surface area contributed by atoms with Crippen molar-refractivity contribution in [3.63, 3.8) is 0 Å². The normalized spacial score (nSPS) is 17.4. The van der Waals surface area contributed by atoms with Crippen molar-refractivity contribution in [1.29, 1.82) is 0 Å². The third kappa shape index (κ3) is 3.92. The molecule has 0 saturated carbocycles. The molecule has 0 N–H and O–H groups in total. The van der Waals surface area contributed by atoms with Crippen molar-refractivity contribution in [2.24, 2.45) is 0 Å². The van der Waals surface area contributed by atoms with E-state index in [0.29, 0.717) is 0 Å². The maximum atomic E-state index is 4.29. The van der Waals surface area contributed by atoms with Gasteiger partial charge in [0.25, 0.3) is 0 Å². The number of hydrogen-bond acceptors (Lipinski definition) is 4. The quantitative estimate of drug-likeness (QED) is 0.613. The minimum atomic E-state index is 0.868. The minimum Gasteiger partial charge on any atom is -0.338 e. The van der Waals surface area contributed by atoms with Gasteiger partial charge in [-0.1, -0.05) is 15.9 Å². The second-order valence-electron chi connectivity index (χ2n) is 4.27. The van der Waals surface area contributed by atoms with Gasteiger partial charge in [0.1, 0.15) is 0 Å². The van der Waals surface area contributed by atoms with Gasteiger partial charge in [0.05, 0.1) is 0 Å². The van der Waals surface area contributed by atoms with Crippen molar-refractivity contribution >= 4 is 21.9 Å². The van der Waals surface area contributed by atoms with Gasteiger partial charge in [-0.3, -0.25) is 4.90 Å². The Morgan fingerprint density at radius 3 is 2.41 bits per heavy atom. The van der Waals surface area contributed by atoms with Crippen LogP contribution in [0.5, 0.6) is 0 Å². The molecule has 4 nitrogen and oxygen atoms in total. The van der Waals surface area contributed by atoms with Crippen molar-refractivity contribution in [3.05, 3.63) is 18.5 Å². The van der Waals surface area contributed by atoms with E-state index in [1.807, 2.05) is 18.5 Å². The fourth-order valence-corrected chi connectivity index (χ4v) is 2.45. The molecule has 0 aromatic carbocycles. The van der Waals surface area contributed by atoms with Crippen LogP contribution >= 0.6 is 15.9 Å². The zero-order valence-electron chi connectivity index (χ0n) is 10.1. The van der Waals surface area contributed by atoms with Crippen molar-refractivity contribution in [2.75, 3.05) is 43.0 Å². The molecule has 1 aliphatic heterocycles. The van der Waals surface area contributed by atoms with Gasteiger partial charge in [0.15, 0.2) is 0 Å². The molecule has 0 amide bonds. The molecule has 1 saturated heterocycles. The number of unbranched alkanes of at least 4 members (excludes halogenated alkanes) is 1. The zero-order chi connectivity index (χ0) is 11.9. The third-order valence-electron chi connectivity index (χ3n) is 3.07. The molecule has 17 heavy (non-hydrogen) atoms. The molecule has 94 valence electrons. The summed E-state index contributed by atoms with van der Waals surface area (Å²) in [5, 5.41) is 1.12. The van der Waals surface area contributed by atoms with Crippen LogP contribution in [-0.2, 0) is 0 Å². The predicted molar refractivity (Wildman–Crippen MR) is 73.7 cm³/mol. The number of halogens is 1. The Bertz CT molecular complexity index is 312. The number of hydrogen-bond donors (Lipinski definition) is 0. The second-order valence-corrected chi connectivity index (χ2v) is 5.07. The molecule has 2 heterocycles. The molecule has 0 bridgehead atoms. The summed E-state index contributed by atoms with van der Waals surface area (Å²) in [5.74, 6) is 0.868. The van der Waals surface area contributed by atoms with E-state index in [1.165, 1.54) is 19.4 Å². The third-order valence-corrected chi connectivity index (χ3v) is 3.63. The van der Waals surface area contributed by atoms with E-state index in [-0.39, 0.29) is 0 Å². The van der Waals surface area contributed by atoms with E-state index in [0.717, 1.165) is 37.5 Å². The molecule has 5 heteroatoms. The van der Waals surface area contributed by atoms with Crippen LogP contribution in [0.25, 0.3) is 0 Å². The highest BCUT2D eigenvalue weighted by Crippen LogP contribution is 2.10. The molecule has 0 aliphatic carbocycles. The highest BCUT2D eigenvalue weighted by atomic mass is 79.9. The molecular weight excluding hydrogens is 280 g/mol. The van der Waals surface area contributed by atoms with Crippen LogP contribution in [0.1, 0.15) is 12.8 Å². The van der Waals surface area contributed by atoms with Gasteiger partial charge in [-0.2, -0.15) is 0 Å². The largest absolute Gasteiger partial charge is 0.338 e. The topological polar surface area (TPSA) is 32.3 Å². The van der Waals surface area contributed by atoms with Gasteiger partial charge in [-0.15, -0.1) is 0 Å². The fourth-order valence-electron chi connectivity index (χ4n) is 2.06. The van der Waals surface area contributed by atoms with Crippen LogP contribution < -0.4 is 4.90 Å². The van der Waals surface area contributed by atoms with Gasteiger partial charge in [-0.05, 0) is 25.5 Å². The van der Waals surface area contributed by atoms with Gasteiger partial charge in [0, 0.05) is 43.9 Å². The summed E-state index contributed by atoms with van der Waals surface area (Å²) in [6.45, 7) is 5.55. The predicted octanol–water partition coefficient (Wildman–Crippen LogP) is 1.77. The minimum absolute atomic E-state index is 0.868. The first kappa shape index (κ1) is 12.8. The van der Waals surface area contributed by atoms with Crippen LogP contribution in [0.15, 0.2) is 18.5 Å². The van der Waals surface area contributed by atoms with E-state index in [9.17, 15) is 0 Å². The standard InChI is InChI=1S/C12H19BrN4/c13-4-1-2-7-16-8-10-17(11-9-16)12-14-5-3-6-15-12/h3,5-6H,1-2,4,7-11H2. The SMILES string of the molecule is BrCCCCN1CCN(c2ncccn2)CC1. The van der Waals surface area contributed by atoms with E-state index in [1.54, 1.807) is 0 Å². The monoisotopic (exact) mass is 298 g/mol. The number of nitrogens with zero attached hydrogens (tertiary/aromatic N) is 4. The number of alkyl halides is 1. The summed E-state index contributed by atoms with van der Waals surface area (Å²) in [6, 6.07) is 1.86. The average Bonchev–Trinajstić information content (AvgIpc) is 2.41. The lowest BCUT2D eigenvalue weighted by Gasteiger charge is -2.34. The smallest absolute Gasteiger partial charge is 0.225 e. The lowest BCUT2D eigenvalue weighted by molar-refractivity contribution is 0.253. The molecule has 2 rings (SSSR count). The molecule has 0 unspecified atom stereocenters. The van der Waals surface area contributed by atoms with Crippen LogP contribution in [0, 0.1) is 0 Å². The van der Waals surface area contributed by atoms with Crippen molar-refractivity contribution in [3.8, 4) is 0 Å². The molecule has 0 spiro atoms. The number of rotatable bonds is 5. The maximum absolute atomic E-state index is 4.29. The lowest BCUT2D eigenvalue weighted by atomic mass is 10.2. The summed E-state index contributed by atoms with van der Waals surface area (Å²) in [6.07, 6.45) is 6.17. The summed E-state index contributed by atoms with van der Waals surface area (Å²) in [5.41, 5.74) is 0. The van der Waals surface area contributed by atoms with Gasteiger partial charge in [0.2, 0.25) is 5.95 Å². The van der Waals surface area contributed by atoms with Crippen molar-refractivity contribution in [1.82, 2.24) is 14.9 Å². The Morgan fingerprint density at radius 1 is 1.06 bits per heavy atom. The zero-order valence-corrected chi connectivity index (χ0v) is 11.6. The molecule has 1 aromatic heterocycles. The highest BCUT2D eigenvalue weighted by molar-refractivity contribution is 9.09. The summed E-state index contributed by atoms with van der Waals surface area (Å²) in [7, 11) is 0. The summed E-state index contributed by atoms with van der Waals surface area (Å²) < 4.78 is 0. The van der Waals surface area contributed by atoms with Gasteiger partial charge < -0.3 is 4.90 Å². The van der Waals surface area contributed by atoms with Crippen LogP contribution in [0.4, 0.5) is 5.95 Å². The molecular formula is C12H19BrN4. The molecule has 1 fully saturated rings. The van der Waals surface area contributed by atoms with E-state index in [4.69, 9.17) is 0 Å². The lowest BCUT2D eigenvalue weighted by Crippen LogP contribution is -2.47. The Morgan fingerprint density at radius 2 is 1.76 bits per heavy atom. The Kier molecular flexibility index (Phi) is 5.19. The fraction of sp³-hybridized carbons (Fsp3) is 0.667. The van der Waals surface area contributed by atoms with Crippen molar-refractivity contribution in [2.45, 2.75) is 12.8 Å². The molecule has 0 atom stereocenters. The highest BCUT2D eigenvalue weighted by Gasteiger charge is 2.17. The first-order valence-electron chi connectivity index (χ1n) is 6.20. The first-order chi connectivity index (χ1) is 8.40. The van der Waals surface area contributed by atoms with E-state index >= 15 is 0 Å². The maximum Gasteiger partial charge on any atom is 0.225 e. The Balaban J connectivity index is 1.74. The second kappa shape index (κ2) is 6.91. The van der Waals surface area contributed by atoms with Gasteiger partial charge >= 0.3 is 0 Å². The Hall–Kier alpha value is -0.680. The summed E-state index contributed by atoms with van der Waals surface area (Å²) in [4.78, 5) is 13.4. The first-order valence-corrected chi connectivity index (χ1v) is 7.32. The molecule has 1 aliphatic rings. The van der Waals surface area contributed by atoms with E-state index < -0.39 is 0 Å². The average molecular weight is 299 g/mol. The molecule has 0 radical (unpaired) electrons. The number of piperazine rings is 1.